The lowest BCUT2D eigenvalue weighted by molar-refractivity contribution is -0.146. The average Bonchev–Trinajstić information content (AvgIpc) is 3.23. The first-order valence-corrected chi connectivity index (χ1v) is 12.7. The molecule has 8 heteroatoms. The van der Waals surface area contributed by atoms with E-state index in [-0.39, 0.29) is 22.9 Å². The molecule has 162 valence electrons. The van der Waals surface area contributed by atoms with Gasteiger partial charge >= 0.3 is 5.97 Å². The topological polar surface area (TPSA) is 81.5 Å². The van der Waals surface area contributed by atoms with Crippen LogP contribution in [-0.4, -0.2) is 54.3 Å². The van der Waals surface area contributed by atoms with Crippen LogP contribution in [0.4, 0.5) is 0 Å². The molecule has 7 nitrogen and oxygen atoms in total. The Balaban J connectivity index is 1.59. The number of carbonyl (C=O) groups is 1. The fourth-order valence-corrected chi connectivity index (χ4v) is 6.73. The van der Waals surface area contributed by atoms with E-state index in [1.54, 1.807) is 6.20 Å². The molecule has 0 radical (unpaired) electrons. The van der Waals surface area contributed by atoms with Crippen LogP contribution < -0.4 is 0 Å². The summed E-state index contributed by atoms with van der Waals surface area (Å²) in [4.78, 5) is 18.6. The Morgan fingerprint density at radius 1 is 1.10 bits per heavy atom. The van der Waals surface area contributed by atoms with Gasteiger partial charge in [-0.2, -0.15) is 0 Å². The highest BCUT2D eigenvalue weighted by molar-refractivity contribution is 7.91. The molecule has 4 rings (SSSR count). The summed E-state index contributed by atoms with van der Waals surface area (Å²) in [5, 5.41) is 0.235. The predicted octanol–water partition coefficient (Wildman–Crippen LogP) is 2.78. The van der Waals surface area contributed by atoms with E-state index in [1.807, 2.05) is 4.57 Å². The molecule has 1 saturated heterocycles. The second kappa shape index (κ2) is 8.76. The summed E-state index contributed by atoms with van der Waals surface area (Å²) in [5.41, 5.74) is 0.903. The molecule has 1 atom stereocenters. The molecule has 2 aliphatic carbocycles. The minimum Gasteiger partial charge on any atom is -0.468 e. The zero-order valence-electron chi connectivity index (χ0n) is 17.4. The molecule has 1 aliphatic heterocycles. The molecule has 1 aromatic heterocycles. The summed E-state index contributed by atoms with van der Waals surface area (Å²) in [5.74, 6) is 0.803. The third kappa shape index (κ3) is 4.85. The molecule has 0 amide bonds. The van der Waals surface area contributed by atoms with E-state index >= 15 is 0 Å². The van der Waals surface area contributed by atoms with Crippen LogP contribution >= 0.6 is 0 Å². The highest BCUT2D eigenvalue weighted by Gasteiger charge is 2.35. The van der Waals surface area contributed by atoms with Gasteiger partial charge in [0.25, 0.3) is 0 Å². The normalized spacial score (nSPS) is 24.1. The number of aromatic nitrogens is 2. The van der Waals surface area contributed by atoms with Crippen LogP contribution in [0.5, 0.6) is 0 Å². The summed E-state index contributed by atoms with van der Waals surface area (Å²) in [6, 6.07) is -0.246. The fraction of sp³-hybridized carbons (Fsp3) is 0.810. The second-order valence-corrected chi connectivity index (χ2v) is 11.0. The van der Waals surface area contributed by atoms with Gasteiger partial charge in [0.15, 0.2) is 0 Å². The molecule has 2 heterocycles. The summed E-state index contributed by atoms with van der Waals surface area (Å²) < 4.78 is 33.0. The van der Waals surface area contributed by atoms with E-state index < -0.39 is 9.84 Å². The smallest absolute Gasteiger partial charge is 0.323 e. The zero-order chi connectivity index (χ0) is 20.4. The lowest BCUT2D eigenvalue weighted by atomic mass is 9.89. The van der Waals surface area contributed by atoms with Crippen molar-refractivity contribution in [3.63, 3.8) is 0 Å². The molecule has 0 aromatic carbocycles. The van der Waals surface area contributed by atoms with E-state index in [4.69, 9.17) is 4.74 Å². The van der Waals surface area contributed by atoms with Crippen LogP contribution in [0.1, 0.15) is 63.5 Å². The number of hydrogen-bond donors (Lipinski definition) is 0. The summed E-state index contributed by atoms with van der Waals surface area (Å²) >= 11 is 0. The van der Waals surface area contributed by atoms with Crippen LogP contribution in [0.2, 0.25) is 0 Å². The van der Waals surface area contributed by atoms with Crippen LogP contribution in [-0.2, 0) is 32.5 Å². The molecule has 0 bridgehead atoms. The zero-order valence-corrected chi connectivity index (χ0v) is 18.2. The number of nitrogens with zero attached hydrogens (tertiary/aromatic N) is 3. The maximum absolute atomic E-state index is 13.0. The van der Waals surface area contributed by atoms with E-state index in [0.29, 0.717) is 24.9 Å². The quantitative estimate of drug-likeness (QED) is 0.598. The van der Waals surface area contributed by atoms with Gasteiger partial charge in [0.05, 0.1) is 24.8 Å². The largest absolute Gasteiger partial charge is 0.468 e. The predicted molar refractivity (Wildman–Crippen MR) is 109 cm³/mol. The van der Waals surface area contributed by atoms with Gasteiger partial charge in [-0.15, -0.1) is 0 Å². The number of rotatable bonds is 8. The Morgan fingerprint density at radius 3 is 2.55 bits per heavy atom. The third-order valence-corrected chi connectivity index (χ3v) is 8.49. The number of likely N-dealkylation sites (tertiary alicyclic amines) is 1. The summed E-state index contributed by atoms with van der Waals surface area (Å²) in [6.45, 7) is 2.07. The van der Waals surface area contributed by atoms with Gasteiger partial charge in [0.2, 0.25) is 15.0 Å². The molecule has 3 fully saturated rings. The molecule has 1 aromatic rings. The lowest BCUT2D eigenvalue weighted by Crippen LogP contribution is -2.37. The molecule has 0 N–H and O–H groups in total. The van der Waals surface area contributed by atoms with Crippen LogP contribution in [0.25, 0.3) is 0 Å². The van der Waals surface area contributed by atoms with Crippen molar-refractivity contribution in [1.29, 1.82) is 0 Å². The number of methoxy groups -OCH3 is 1. The van der Waals surface area contributed by atoms with E-state index in [1.165, 1.54) is 26.4 Å². The van der Waals surface area contributed by atoms with Crippen molar-refractivity contribution < 1.29 is 17.9 Å². The molecule has 0 spiro atoms. The van der Waals surface area contributed by atoms with Crippen LogP contribution in [0.3, 0.4) is 0 Å². The van der Waals surface area contributed by atoms with Crippen molar-refractivity contribution in [3.8, 4) is 0 Å². The van der Waals surface area contributed by atoms with Gasteiger partial charge in [-0.1, -0.05) is 19.3 Å². The summed E-state index contributed by atoms with van der Waals surface area (Å²) in [7, 11) is -1.96. The van der Waals surface area contributed by atoms with Crippen molar-refractivity contribution >= 4 is 15.8 Å². The summed E-state index contributed by atoms with van der Waals surface area (Å²) in [6.07, 6.45) is 11.5. The van der Waals surface area contributed by atoms with Gasteiger partial charge in [0.1, 0.15) is 6.04 Å². The Bertz CT molecular complexity index is 825. The number of hydrogen-bond acceptors (Lipinski definition) is 6. The van der Waals surface area contributed by atoms with Crippen molar-refractivity contribution in [1.82, 2.24) is 14.5 Å². The molecule has 2 saturated carbocycles. The standard InChI is InChI=1S/C21H33N3O4S/c1-28-20(25)19-8-5-11-23(19)14-18-12-22-21(29(26,27)15-17-9-10-17)24(18)13-16-6-3-2-4-7-16/h12,16-17,19H,2-11,13-15H2,1H3/t19-/m0/s1. The third-order valence-electron chi connectivity index (χ3n) is 6.70. The maximum atomic E-state index is 13.0. The van der Waals surface area contributed by atoms with Gasteiger partial charge in [-0.25, -0.2) is 13.4 Å². The van der Waals surface area contributed by atoms with Gasteiger partial charge in [0, 0.05) is 13.1 Å². The molecular weight excluding hydrogens is 390 g/mol. The Kier molecular flexibility index (Phi) is 6.30. The Labute approximate surface area is 173 Å². The SMILES string of the molecule is COC(=O)[C@@H]1CCCN1Cc1cnc(S(=O)(=O)CC2CC2)n1CC1CCCCC1. The monoisotopic (exact) mass is 423 g/mol. The van der Waals surface area contributed by atoms with Crippen molar-refractivity contribution in [2.24, 2.45) is 11.8 Å². The van der Waals surface area contributed by atoms with E-state index in [2.05, 4.69) is 9.88 Å². The van der Waals surface area contributed by atoms with Gasteiger partial charge in [-0.3, -0.25) is 9.69 Å². The highest BCUT2D eigenvalue weighted by Crippen LogP contribution is 2.33. The lowest BCUT2D eigenvalue weighted by Gasteiger charge is -2.26. The Morgan fingerprint density at radius 2 is 1.86 bits per heavy atom. The van der Waals surface area contributed by atoms with Crippen molar-refractivity contribution in [3.05, 3.63) is 11.9 Å². The Hall–Kier alpha value is -1.41. The van der Waals surface area contributed by atoms with E-state index in [0.717, 1.165) is 50.8 Å². The van der Waals surface area contributed by atoms with Crippen molar-refractivity contribution in [2.75, 3.05) is 19.4 Å². The van der Waals surface area contributed by atoms with Crippen LogP contribution in [0, 0.1) is 11.8 Å². The number of ether oxygens (including phenoxy) is 1. The minimum absolute atomic E-state index is 0.206. The van der Waals surface area contributed by atoms with Crippen molar-refractivity contribution in [2.45, 2.75) is 82.1 Å². The maximum Gasteiger partial charge on any atom is 0.323 e. The van der Waals surface area contributed by atoms with E-state index in [9.17, 15) is 13.2 Å². The first kappa shape index (κ1) is 20.8. The fourth-order valence-electron chi connectivity index (χ4n) is 4.89. The average molecular weight is 424 g/mol. The number of esters is 1. The van der Waals surface area contributed by atoms with Gasteiger partial charge < -0.3 is 9.30 Å². The second-order valence-electron chi connectivity index (χ2n) is 9.02. The first-order valence-electron chi connectivity index (χ1n) is 11.1. The van der Waals surface area contributed by atoms with Gasteiger partial charge in [-0.05, 0) is 56.9 Å². The number of sulfone groups is 1. The molecular formula is C21H33N3O4S. The molecule has 0 unspecified atom stereocenters. The highest BCUT2D eigenvalue weighted by atomic mass is 32.2. The number of carbonyl (C=O) groups excluding carboxylic acids is 1. The van der Waals surface area contributed by atoms with Crippen LogP contribution in [0.15, 0.2) is 11.4 Å². The molecule has 29 heavy (non-hydrogen) atoms. The molecule has 3 aliphatic rings. The number of imidazole rings is 1. The first-order chi connectivity index (χ1) is 14.0. The minimum atomic E-state index is -3.38.